The number of aliphatic hydroxyl groups is 1. The van der Waals surface area contributed by atoms with E-state index in [1.165, 1.54) is 0 Å². The molecule has 6 heteroatoms. The van der Waals surface area contributed by atoms with E-state index < -0.39 is 12.1 Å². The molecule has 0 radical (unpaired) electrons. The second-order valence-electron chi connectivity index (χ2n) is 5.60. The van der Waals surface area contributed by atoms with E-state index in [0.29, 0.717) is 19.4 Å². The zero-order chi connectivity index (χ0) is 14.0. The number of hydrogen-bond acceptors (Lipinski definition) is 2. The van der Waals surface area contributed by atoms with Crippen LogP contribution in [-0.4, -0.2) is 41.3 Å². The number of rotatable bonds is 2. The Labute approximate surface area is 110 Å². The van der Waals surface area contributed by atoms with Crippen molar-refractivity contribution >= 4 is 5.91 Å². The van der Waals surface area contributed by atoms with E-state index in [1.807, 2.05) is 0 Å². The third-order valence-electron chi connectivity index (χ3n) is 4.41. The van der Waals surface area contributed by atoms with Gasteiger partial charge in [-0.25, -0.2) is 0 Å². The van der Waals surface area contributed by atoms with Crippen LogP contribution in [0.4, 0.5) is 13.2 Å². The van der Waals surface area contributed by atoms with Gasteiger partial charge in [-0.3, -0.25) is 4.79 Å². The van der Waals surface area contributed by atoms with E-state index >= 15 is 0 Å². The molecule has 110 valence electrons. The molecule has 1 unspecified atom stereocenters. The van der Waals surface area contributed by atoms with Crippen LogP contribution in [-0.2, 0) is 4.79 Å². The number of alkyl halides is 3. The molecule has 3 nitrogen and oxygen atoms in total. The van der Waals surface area contributed by atoms with E-state index in [0.717, 1.165) is 12.8 Å². The Hall–Kier alpha value is -0.780. The molecule has 19 heavy (non-hydrogen) atoms. The lowest BCUT2D eigenvalue weighted by atomic mass is 9.81. The number of amides is 1. The van der Waals surface area contributed by atoms with Gasteiger partial charge >= 0.3 is 6.18 Å². The summed E-state index contributed by atoms with van der Waals surface area (Å²) in [5.41, 5.74) is 0. The van der Waals surface area contributed by atoms with Crippen LogP contribution >= 0.6 is 0 Å². The van der Waals surface area contributed by atoms with E-state index in [2.05, 4.69) is 0 Å². The third-order valence-corrected chi connectivity index (χ3v) is 4.41. The molecule has 2 fully saturated rings. The summed E-state index contributed by atoms with van der Waals surface area (Å²) >= 11 is 0. The molecule has 1 heterocycles. The van der Waals surface area contributed by atoms with Crippen LogP contribution in [0.2, 0.25) is 0 Å². The van der Waals surface area contributed by atoms with Gasteiger partial charge < -0.3 is 10.0 Å². The molecular formula is C13H20F3NO2. The van der Waals surface area contributed by atoms with E-state index in [-0.39, 0.29) is 37.3 Å². The molecule has 0 spiro atoms. The van der Waals surface area contributed by atoms with Crippen molar-refractivity contribution in [3.63, 3.8) is 0 Å². The molecule has 1 saturated carbocycles. The van der Waals surface area contributed by atoms with Gasteiger partial charge in [0.25, 0.3) is 0 Å². The SMILES string of the molecule is O=C(C1CCC(C(F)(F)F)CC1)N1CCCC1CO. The number of hydrogen-bond donors (Lipinski definition) is 1. The monoisotopic (exact) mass is 279 g/mol. The predicted octanol–water partition coefficient (Wildman–Crippen LogP) is 2.34. The number of halogens is 3. The molecule has 1 amide bonds. The maximum atomic E-state index is 12.6. The van der Waals surface area contributed by atoms with Crippen molar-refractivity contribution in [3.8, 4) is 0 Å². The second kappa shape index (κ2) is 5.69. The van der Waals surface area contributed by atoms with Gasteiger partial charge in [0.05, 0.1) is 18.6 Å². The molecule has 0 bridgehead atoms. The first-order chi connectivity index (χ1) is 8.93. The summed E-state index contributed by atoms with van der Waals surface area (Å²) < 4.78 is 37.7. The number of carbonyl (C=O) groups is 1. The zero-order valence-electron chi connectivity index (χ0n) is 10.8. The summed E-state index contributed by atoms with van der Waals surface area (Å²) in [6, 6.07) is -0.132. The normalized spacial score (nSPS) is 32.6. The van der Waals surface area contributed by atoms with Crippen LogP contribution in [0.25, 0.3) is 0 Å². The van der Waals surface area contributed by atoms with Crippen molar-refractivity contribution < 1.29 is 23.1 Å². The minimum atomic E-state index is -4.13. The number of likely N-dealkylation sites (tertiary alicyclic amines) is 1. The van der Waals surface area contributed by atoms with Crippen molar-refractivity contribution in [3.05, 3.63) is 0 Å². The van der Waals surface area contributed by atoms with Crippen LogP contribution in [0.5, 0.6) is 0 Å². The van der Waals surface area contributed by atoms with Crippen molar-refractivity contribution in [1.29, 1.82) is 0 Å². The zero-order valence-corrected chi connectivity index (χ0v) is 10.8. The van der Waals surface area contributed by atoms with Crippen molar-refractivity contribution in [1.82, 2.24) is 4.90 Å². The highest BCUT2D eigenvalue weighted by Crippen LogP contribution is 2.40. The van der Waals surface area contributed by atoms with Gasteiger partial charge in [0.2, 0.25) is 5.91 Å². The van der Waals surface area contributed by atoms with Gasteiger partial charge in [-0.15, -0.1) is 0 Å². The Balaban J connectivity index is 1.89. The lowest BCUT2D eigenvalue weighted by Gasteiger charge is -2.33. The molecule has 1 aliphatic heterocycles. The van der Waals surface area contributed by atoms with Crippen LogP contribution in [0.15, 0.2) is 0 Å². The standard InChI is InChI=1S/C13H20F3NO2/c14-13(15,16)10-5-3-9(4-6-10)12(19)17-7-1-2-11(17)8-18/h9-11,18H,1-8H2. The topological polar surface area (TPSA) is 40.5 Å². The fourth-order valence-corrected chi connectivity index (χ4v) is 3.22. The van der Waals surface area contributed by atoms with Crippen LogP contribution in [0.1, 0.15) is 38.5 Å². The van der Waals surface area contributed by atoms with Gasteiger partial charge in [0, 0.05) is 12.5 Å². The van der Waals surface area contributed by atoms with Crippen LogP contribution < -0.4 is 0 Å². The summed E-state index contributed by atoms with van der Waals surface area (Å²) in [6.07, 6.45) is -1.73. The molecule has 1 saturated heterocycles. The largest absolute Gasteiger partial charge is 0.394 e. The maximum absolute atomic E-state index is 12.6. The Morgan fingerprint density at radius 2 is 1.79 bits per heavy atom. The first-order valence-electron chi connectivity index (χ1n) is 6.91. The average molecular weight is 279 g/mol. The molecule has 1 atom stereocenters. The highest BCUT2D eigenvalue weighted by atomic mass is 19.4. The molecule has 0 aromatic carbocycles. The minimum Gasteiger partial charge on any atom is -0.394 e. The second-order valence-corrected chi connectivity index (χ2v) is 5.60. The van der Waals surface area contributed by atoms with Gasteiger partial charge in [0.1, 0.15) is 0 Å². The lowest BCUT2D eigenvalue weighted by molar-refractivity contribution is -0.185. The molecular weight excluding hydrogens is 259 g/mol. The molecule has 2 rings (SSSR count). The quantitative estimate of drug-likeness (QED) is 0.843. The summed E-state index contributed by atoms with van der Waals surface area (Å²) in [7, 11) is 0. The van der Waals surface area contributed by atoms with Gasteiger partial charge in [-0.2, -0.15) is 13.2 Å². The average Bonchev–Trinajstić information content (AvgIpc) is 2.85. The predicted molar refractivity (Wildman–Crippen MR) is 63.3 cm³/mol. The number of carbonyl (C=O) groups excluding carboxylic acids is 1. The summed E-state index contributed by atoms with van der Waals surface area (Å²) in [4.78, 5) is 13.9. The Kier molecular flexibility index (Phi) is 4.38. The molecule has 2 aliphatic rings. The van der Waals surface area contributed by atoms with Crippen molar-refractivity contribution in [2.24, 2.45) is 11.8 Å². The number of aliphatic hydroxyl groups excluding tert-OH is 1. The Morgan fingerprint density at radius 3 is 2.32 bits per heavy atom. The highest BCUT2D eigenvalue weighted by Gasteiger charge is 2.43. The maximum Gasteiger partial charge on any atom is 0.391 e. The van der Waals surface area contributed by atoms with E-state index in [1.54, 1.807) is 4.90 Å². The van der Waals surface area contributed by atoms with Gasteiger partial charge in [-0.1, -0.05) is 0 Å². The Morgan fingerprint density at radius 1 is 1.16 bits per heavy atom. The van der Waals surface area contributed by atoms with Gasteiger partial charge in [0.15, 0.2) is 0 Å². The third kappa shape index (κ3) is 3.22. The van der Waals surface area contributed by atoms with E-state index in [4.69, 9.17) is 0 Å². The summed E-state index contributed by atoms with van der Waals surface area (Å²) in [5.74, 6) is -1.59. The highest BCUT2D eigenvalue weighted by molar-refractivity contribution is 5.79. The lowest BCUT2D eigenvalue weighted by Crippen LogP contribution is -2.43. The fraction of sp³-hybridized carbons (Fsp3) is 0.923. The Bertz CT molecular complexity index is 324. The van der Waals surface area contributed by atoms with Crippen molar-refractivity contribution in [2.45, 2.75) is 50.7 Å². The van der Waals surface area contributed by atoms with E-state index in [9.17, 15) is 23.1 Å². The minimum absolute atomic E-state index is 0.0519. The number of nitrogens with zero attached hydrogens (tertiary/aromatic N) is 1. The molecule has 0 aromatic rings. The van der Waals surface area contributed by atoms with Crippen molar-refractivity contribution in [2.75, 3.05) is 13.2 Å². The summed E-state index contributed by atoms with van der Waals surface area (Å²) in [5, 5.41) is 9.19. The first-order valence-corrected chi connectivity index (χ1v) is 6.91. The van der Waals surface area contributed by atoms with Gasteiger partial charge in [-0.05, 0) is 38.5 Å². The molecule has 1 N–H and O–H groups in total. The molecule has 0 aromatic heterocycles. The smallest absolute Gasteiger partial charge is 0.391 e. The van der Waals surface area contributed by atoms with Crippen LogP contribution in [0, 0.1) is 11.8 Å². The fourth-order valence-electron chi connectivity index (χ4n) is 3.22. The summed E-state index contributed by atoms with van der Waals surface area (Å²) in [6.45, 7) is 0.576. The molecule has 1 aliphatic carbocycles. The van der Waals surface area contributed by atoms with Crippen LogP contribution in [0.3, 0.4) is 0 Å². The first kappa shape index (κ1) is 14.6.